The maximum atomic E-state index is 13.3. The summed E-state index contributed by atoms with van der Waals surface area (Å²) in [7, 11) is 0. The molecule has 1 N–H and O–H groups in total. The molecule has 7 nitrogen and oxygen atoms in total. The second-order valence-corrected chi connectivity index (χ2v) is 6.70. The number of nitrogens with one attached hydrogen (secondary N) is 1. The molecule has 1 aromatic heterocycles. The highest BCUT2D eigenvalue weighted by Crippen LogP contribution is 2.18. The third-order valence-corrected chi connectivity index (χ3v) is 4.51. The summed E-state index contributed by atoms with van der Waals surface area (Å²) in [6, 6.07) is 13.2. The minimum absolute atomic E-state index is 0.271. The van der Waals surface area contributed by atoms with Crippen molar-refractivity contribution in [3.05, 3.63) is 82.0 Å². The van der Waals surface area contributed by atoms with Crippen molar-refractivity contribution < 1.29 is 18.7 Å². The third kappa shape index (κ3) is 5.42. The Morgan fingerprint density at radius 2 is 1.74 bits per heavy atom. The standard InChI is InChI=1S/C23H22FN3O4/c1-3-18-13-21(29)27(22(26-18)15-5-9-17(24)10-6-15)14-20(28)25-19-11-7-16(8-12-19)23(30)31-4-2/h5-13H,3-4,14H2,1-2H3,(H,25,28). The van der Waals surface area contributed by atoms with E-state index in [-0.39, 0.29) is 24.5 Å². The largest absolute Gasteiger partial charge is 0.462 e. The maximum absolute atomic E-state index is 13.3. The van der Waals surface area contributed by atoms with E-state index >= 15 is 0 Å². The zero-order valence-corrected chi connectivity index (χ0v) is 17.2. The molecule has 31 heavy (non-hydrogen) atoms. The molecular weight excluding hydrogens is 401 g/mol. The van der Waals surface area contributed by atoms with Crippen molar-refractivity contribution in [2.45, 2.75) is 26.8 Å². The van der Waals surface area contributed by atoms with Gasteiger partial charge in [-0.05, 0) is 61.9 Å². The van der Waals surface area contributed by atoms with Crippen LogP contribution in [0, 0.1) is 5.82 Å². The second-order valence-electron chi connectivity index (χ2n) is 6.70. The van der Waals surface area contributed by atoms with Crippen molar-refractivity contribution >= 4 is 17.6 Å². The van der Waals surface area contributed by atoms with Crippen molar-refractivity contribution in [3.63, 3.8) is 0 Å². The molecule has 0 saturated heterocycles. The van der Waals surface area contributed by atoms with E-state index in [1.54, 1.807) is 31.2 Å². The van der Waals surface area contributed by atoms with Crippen LogP contribution in [0.25, 0.3) is 11.4 Å². The number of anilines is 1. The first-order valence-electron chi connectivity index (χ1n) is 9.85. The van der Waals surface area contributed by atoms with Gasteiger partial charge in [-0.25, -0.2) is 14.2 Å². The fourth-order valence-electron chi connectivity index (χ4n) is 2.95. The number of ether oxygens (including phenoxy) is 1. The number of carbonyl (C=O) groups is 2. The molecule has 0 aliphatic heterocycles. The summed E-state index contributed by atoms with van der Waals surface area (Å²) in [4.78, 5) is 41.4. The van der Waals surface area contributed by atoms with Crippen LogP contribution in [0.1, 0.15) is 29.9 Å². The lowest BCUT2D eigenvalue weighted by atomic mass is 10.2. The van der Waals surface area contributed by atoms with E-state index in [0.29, 0.717) is 28.9 Å². The predicted molar refractivity (Wildman–Crippen MR) is 114 cm³/mol. The van der Waals surface area contributed by atoms with Crippen LogP contribution in [0.15, 0.2) is 59.4 Å². The van der Waals surface area contributed by atoms with E-state index in [1.807, 2.05) is 6.92 Å². The quantitative estimate of drug-likeness (QED) is 0.588. The number of carbonyl (C=O) groups excluding carboxylic acids is 2. The smallest absolute Gasteiger partial charge is 0.338 e. The summed E-state index contributed by atoms with van der Waals surface area (Å²) in [6.45, 7) is 3.58. The van der Waals surface area contributed by atoms with Gasteiger partial charge in [0.25, 0.3) is 5.56 Å². The van der Waals surface area contributed by atoms with E-state index in [9.17, 15) is 18.8 Å². The van der Waals surface area contributed by atoms with Crippen molar-refractivity contribution in [2.24, 2.45) is 0 Å². The highest BCUT2D eigenvalue weighted by atomic mass is 19.1. The van der Waals surface area contributed by atoms with E-state index in [0.717, 1.165) is 0 Å². The maximum Gasteiger partial charge on any atom is 0.338 e. The highest BCUT2D eigenvalue weighted by Gasteiger charge is 2.14. The second kappa shape index (κ2) is 9.80. The fraction of sp³-hybridized carbons (Fsp3) is 0.217. The molecule has 8 heteroatoms. The van der Waals surface area contributed by atoms with Crippen LogP contribution in [0.5, 0.6) is 0 Å². The number of halogens is 1. The first-order valence-corrected chi connectivity index (χ1v) is 9.85. The molecule has 0 unspecified atom stereocenters. The third-order valence-electron chi connectivity index (χ3n) is 4.51. The van der Waals surface area contributed by atoms with Gasteiger partial charge in [0.15, 0.2) is 0 Å². The number of benzene rings is 2. The van der Waals surface area contributed by atoms with Crippen molar-refractivity contribution in [1.29, 1.82) is 0 Å². The summed E-state index contributed by atoms with van der Waals surface area (Å²) in [5.41, 5.74) is 1.57. The molecule has 3 rings (SSSR count). The molecule has 0 saturated carbocycles. The molecule has 3 aromatic rings. The molecule has 0 spiro atoms. The normalized spacial score (nSPS) is 10.5. The van der Waals surface area contributed by atoms with Crippen LogP contribution in [0.4, 0.5) is 10.1 Å². The summed E-state index contributed by atoms with van der Waals surface area (Å²) < 4.78 is 19.5. The summed E-state index contributed by atoms with van der Waals surface area (Å²) in [5.74, 6) is -1.01. The lowest BCUT2D eigenvalue weighted by molar-refractivity contribution is -0.116. The molecule has 0 aliphatic carbocycles. The molecule has 0 aliphatic rings. The van der Waals surface area contributed by atoms with E-state index < -0.39 is 17.7 Å². The Hall–Kier alpha value is -3.81. The van der Waals surface area contributed by atoms with Crippen molar-refractivity contribution in [3.8, 4) is 11.4 Å². The Morgan fingerprint density at radius 3 is 2.35 bits per heavy atom. The Balaban J connectivity index is 1.83. The number of esters is 1. The first-order chi connectivity index (χ1) is 14.9. The van der Waals surface area contributed by atoms with Gasteiger partial charge in [-0.1, -0.05) is 6.92 Å². The van der Waals surface area contributed by atoms with Gasteiger partial charge in [-0.3, -0.25) is 14.2 Å². The molecule has 2 aromatic carbocycles. The minimum atomic E-state index is -0.446. The van der Waals surface area contributed by atoms with E-state index in [1.165, 1.54) is 34.9 Å². The van der Waals surface area contributed by atoms with Gasteiger partial charge in [0.1, 0.15) is 18.2 Å². The SMILES string of the molecule is CCOC(=O)c1ccc(NC(=O)Cn2c(-c3ccc(F)cc3)nc(CC)cc2=O)cc1. The molecular formula is C23H22FN3O4. The average molecular weight is 423 g/mol. The minimum Gasteiger partial charge on any atom is -0.462 e. The lowest BCUT2D eigenvalue weighted by Gasteiger charge is -2.14. The van der Waals surface area contributed by atoms with Crippen LogP contribution in [0.2, 0.25) is 0 Å². The lowest BCUT2D eigenvalue weighted by Crippen LogP contribution is -2.30. The van der Waals surface area contributed by atoms with Gasteiger partial charge >= 0.3 is 5.97 Å². The van der Waals surface area contributed by atoms with Gasteiger partial charge < -0.3 is 10.1 Å². The molecule has 1 heterocycles. The number of aromatic nitrogens is 2. The Bertz CT molecular complexity index is 1140. The number of aryl methyl sites for hydroxylation is 1. The van der Waals surface area contributed by atoms with Crippen LogP contribution in [-0.4, -0.2) is 28.0 Å². The Labute approximate surface area is 178 Å². The number of nitrogens with zero attached hydrogens (tertiary/aromatic N) is 2. The monoisotopic (exact) mass is 423 g/mol. The van der Waals surface area contributed by atoms with E-state index in [4.69, 9.17) is 4.74 Å². The zero-order chi connectivity index (χ0) is 22.4. The number of amides is 1. The molecule has 0 atom stereocenters. The van der Waals surface area contributed by atoms with Gasteiger partial charge in [-0.15, -0.1) is 0 Å². The van der Waals surface area contributed by atoms with Gasteiger partial charge in [0.05, 0.1) is 12.2 Å². The molecule has 0 radical (unpaired) electrons. The fourth-order valence-corrected chi connectivity index (χ4v) is 2.95. The molecule has 160 valence electrons. The van der Waals surface area contributed by atoms with Gasteiger partial charge in [0, 0.05) is 23.0 Å². The molecule has 0 bridgehead atoms. The molecule has 0 fully saturated rings. The highest BCUT2D eigenvalue weighted by molar-refractivity contribution is 5.93. The van der Waals surface area contributed by atoms with Crippen molar-refractivity contribution in [2.75, 3.05) is 11.9 Å². The summed E-state index contributed by atoms with van der Waals surface area (Å²) >= 11 is 0. The number of hydrogen-bond acceptors (Lipinski definition) is 5. The predicted octanol–water partition coefficient (Wildman–Crippen LogP) is 3.43. The summed E-state index contributed by atoms with van der Waals surface area (Å²) in [5, 5.41) is 2.69. The van der Waals surface area contributed by atoms with Gasteiger partial charge in [0.2, 0.25) is 5.91 Å². The van der Waals surface area contributed by atoms with Crippen LogP contribution in [0.3, 0.4) is 0 Å². The summed E-state index contributed by atoms with van der Waals surface area (Å²) in [6.07, 6.45) is 0.545. The van der Waals surface area contributed by atoms with Crippen molar-refractivity contribution in [1.82, 2.24) is 9.55 Å². The topological polar surface area (TPSA) is 90.3 Å². The zero-order valence-electron chi connectivity index (χ0n) is 17.2. The Kier molecular flexibility index (Phi) is 6.92. The van der Waals surface area contributed by atoms with E-state index in [2.05, 4.69) is 10.3 Å². The number of hydrogen-bond donors (Lipinski definition) is 1. The molecule has 1 amide bonds. The first kappa shape index (κ1) is 21.9. The number of rotatable bonds is 7. The van der Waals surface area contributed by atoms with Crippen LogP contribution < -0.4 is 10.9 Å². The van der Waals surface area contributed by atoms with Gasteiger partial charge in [-0.2, -0.15) is 0 Å². The van der Waals surface area contributed by atoms with Crippen LogP contribution in [-0.2, 0) is 22.5 Å². The Morgan fingerprint density at radius 1 is 1.06 bits per heavy atom. The average Bonchev–Trinajstić information content (AvgIpc) is 2.76. The van der Waals surface area contributed by atoms with Crippen LogP contribution >= 0.6 is 0 Å².